The quantitative estimate of drug-likeness (QED) is 0.387. The molecule has 0 bridgehead atoms. The third kappa shape index (κ3) is 6.53. The van der Waals surface area contributed by atoms with Crippen LogP contribution in [0.2, 0.25) is 0 Å². The van der Waals surface area contributed by atoms with Crippen LogP contribution in [-0.2, 0) is 20.7 Å². The fourth-order valence-corrected chi connectivity index (χ4v) is 3.03. The maximum Gasteiger partial charge on any atom is 0.318 e. The van der Waals surface area contributed by atoms with E-state index in [0.29, 0.717) is 24.7 Å². The highest BCUT2D eigenvalue weighted by molar-refractivity contribution is 6.04. The molecule has 2 heterocycles. The number of nitrogens with one attached hydrogen (secondary N) is 1. The van der Waals surface area contributed by atoms with Gasteiger partial charge in [-0.1, -0.05) is 24.3 Å². The zero-order valence-electron chi connectivity index (χ0n) is 18.1. The summed E-state index contributed by atoms with van der Waals surface area (Å²) < 4.78 is 10.6. The summed E-state index contributed by atoms with van der Waals surface area (Å²) in [6, 6.07) is 18.2. The summed E-state index contributed by atoms with van der Waals surface area (Å²) in [5, 5.41) is 2.66. The van der Waals surface area contributed by atoms with Crippen LogP contribution < -0.4 is 15.0 Å². The number of hydrogen-bond donors (Lipinski definition) is 1. The van der Waals surface area contributed by atoms with Gasteiger partial charge in [-0.25, -0.2) is 9.97 Å². The van der Waals surface area contributed by atoms with E-state index in [9.17, 15) is 9.59 Å². The Balaban J connectivity index is 1.55. The number of pyridine rings is 2. The molecule has 8 nitrogen and oxygen atoms in total. The molecule has 1 unspecified atom stereocenters. The van der Waals surface area contributed by atoms with Gasteiger partial charge in [-0.3, -0.25) is 9.59 Å². The largest absolute Gasteiger partial charge is 0.492 e. The van der Waals surface area contributed by atoms with Crippen molar-refractivity contribution in [3.8, 4) is 5.75 Å². The van der Waals surface area contributed by atoms with E-state index in [-0.39, 0.29) is 6.42 Å². The standard InChI is InChI=1S/C24H26N4O4/c1-28(22-8-4-6-14-26-22)15-16-32-19-11-9-18(10-12-19)17-20(24(30)31-2)23(29)27-21-7-3-5-13-25-21/h3-14,20H,15-17H2,1-2H3,(H,25,27,29). The van der Waals surface area contributed by atoms with Gasteiger partial charge in [0.25, 0.3) is 0 Å². The van der Waals surface area contributed by atoms with Crippen LogP contribution in [0.25, 0.3) is 0 Å². The normalized spacial score (nSPS) is 11.3. The van der Waals surface area contributed by atoms with E-state index in [1.54, 1.807) is 30.6 Å². The van der Waals surface area contributed by atoms with Crippen molar-refractivity contribution in [2.45, 2.75) is 6.42 Å². The zero-order chi connectivity index (χ0) is 22.8. The monoisotopic (exact) mass is 434 g/mol. The van der Waals surface area contributed by atoms with Crippen LogP contribution in [0.5, 0.6) is 5.75 Å². The molecule has 1 atom stereocenters. The van der Waals surface area contributed by atoms with Gasteiger partial charge in [-0.15, -0.1) is 0 Å². The molecule has 0 spiro atoms. The molecule has 0 saturated carbocycles. The lowest BCUT2D eigenvalue weighted by molar-refractivity contribution is -0.148. The van der Waals surface area contributed by atoms with Crippen LogP contribution >= 0.6 is 0 Å². The van der Waals surface area contributed by atoms with Crippen LogP contribution in [0.3, 0.4) is 0 Å². The first kappa shape index (κ1) is 22.7. The summed E-state index contributed by atoms with van der Waals surface area (Å²) in [7, 11) is 3.22. The first-order valence-electron chi connectivity index (χ1n) is 10.2. The van der Waals surface area contributed by atoms with Gasteiger partial charge in [-0.2, -0.15) is 0 Å². The summed E-state index contributed by atoms with van der Waals surface area (Å²) in [5.74, 6) is -0.0867. The third-order valence-electron chi connectivity index (χ3n) is 4.82. The van der Waals surface area contributed by atoms with Gasteiger partial charge in [0.05, 0.1) is 13.7 Å². The molecule has 32 heavy (non-hydrogen) atoms. The molecule has 8 heteroatoms. The number of likely N-dealkylation sites (N-methyl/N-ethyl adjacent to an activating group) is 1. The van der Waals surface area contributed by atoms with Crippen molar-refractivity contribution in [1.82, 2.24) is 9.97 Å². The molecule has 0 aliphatic heterocycles. The van der Waals surface area contributed by atoms with Crippen molar-refractivity contribution in [1.29, 1.82) is 0 Å². The smallest absolute Gasteiger partial charge is 0.318 e. The van der Waals surface area contributed by atoms with Crippen molar-refractivity contribution < 1.29 is 19.1 Å². The molecule has 3 aromatic rings. The second-order valence-electron chi connectivity index (χ2n) is 7.09. The molecule has 0 fully saturated rings. The zero-order valence-corrected chi connectivity index (χ0v) is 18.1. The Kier molecular flexibility index (Phi) is 8.14. The topological polar surface area (TPSA) is 93.7 Å². The van der Waals surface area contributed by atoms with Crippen LogP contribution in [0, 0.1) is 5.92 Å². The van der Waals surface area contributed by atoms with Crippen LogP contribution in [-0.4, -0.2) is 49.2 Å². The van der Waals surface area contributed by atoms with Gasteiger partial charge in [0.15, 0.2) is 0 Å². The lowest BCUT2D eigenvalue weighted by Gasteiger charge is -2.18. The lowest BCUT2D eigenvalue weighted by Crippen LogP contribution is -2.32. The Hall–Kier alpha value is -3.94. The first-order valence-corrected chi connectivity index (χ1v) is 10.2. The van der Waals surface area contributed by atoms with E-state index in [2.05, 4.69) is 15.3 Å². The molecule has 0 aliphatic rings. The number of carbonyl (C=O) groups is 2. The second kappa shape index (κ2) is 11.5. The van der Waals surface area contributed by atoms with Gasteiger partial charge in [0.2, 0.25) is 5.91 Å². The molecule has 1 amide bonds. The molecule has 1 N–H and O–H groups in total. The van der Waals surface area contributed by atoms with Gasteiger partial charge < -0.3 is 19.7 Å². The third-order valence-corrected chi connectivity index (χ3v) is 4.82. The molecular weight excluding hydrogens is 408 g/mol. The van der Waals surface area contributed by atoms with Crippen molar-refractivity contribution in [3.05, 3.63) is 78.6 Å². The number of ether oxygens (including phenoxy) is 2. The molecular formula is C24H26N4O4. The number of aromatic nitrogens is 2. The number of methoxy groups -OCH3 is 1. The number of amides is 1. The number of esters is 1. The summed E-state index contributed by atoms with van der Waals surface area (Å²) in [6.07, 6.45) is 3.52. The Bertz CT molecular complexity index is 998. The minimum absolute atomic E-state index is 0.202. The number of hydrogen-bond acceptors (Lipinski definition) is 7. The molecule has 166 valence electrons. The van der Waals surface area contributed by atoms with E-state index in [1.165, 1.54) is 7.11 Å². The van der Waals surface area contributed by atoms with Crippen molar-refractivity contribution in [3.63, 3.8) is 0 Å². The molecule has 3 rings (SSSR count). The first-order chi connectivity index (χ1) is 15.6. The van der Waals surface area contributed by atoms with Crippen LogP contribution in [0.15, 0.2) is 73.1 Å². The van der Waals surface area contributed by atoms with Crippen molar-refractivity contribution >= 4 is 23.5 Å². The highest BCUT2D eigenvalue weighted by Crippen LogP contribution is 2.18. The van der Waals surface area contributed by atoms with Crippen LogP contribution in [0.4, 0.5) is 11.6 Å². The predicted octanol–water partition coefficient (Wildman–Crippen LogP) is 2.96. The fourth-order valence-electron chi connectivity index (χ4n) is 3.03. The summed E-state index contributed by atoms with van der Waals surface area (Å²) in [6.45, 7) is 1.17. The van der Waals surface area contributed by atoms with Crippen LogP contribution in [0.1, 0.15) is 5.56 Å². The van der Waals surface area contributed by atoms with E-state index in [0.717, 1.165) is 11.4 Å². The lowest BCUT2D eigenvalue weighted by atomic mass is 9.98. The number of carbonyl (C=O) groups excluding carboxylic acids is 2. The van der Waals surface area contributed by atoms with Gasteiger partial charge >= 0.3 is 5.97 Å². The summed E-state index contributed by atoms with van der Waals surface area (Å²) >= 11 is 0. The highest BCUT2D eigenvalue weighted by atomic mass is 16.5. The van der Waals surface area contributed by atoms with E-state index < -0.39 is 17.8 Å². The van der Waals surface area contributed by atoms with Crippen molar-refractivity contribution in [2.75, 3.05) is 37.5 Å². The Morgan fingerprint density at radius 2 is 1.72 bits per heavy atom. The molecule has 1 aromatic carbocycles. The Morgan fingerprint density at radius 1 is 1.00 bits per heavy atom. The predicted molar refractivity (Wildman–Crippen MR) is 122 cm³/mol. The average Bonchev–Trinajstić information content (AvgIpc) is 2.84. The SMILES string of the molecule is COC(=O)C(Cc1ccc(OCCN(C)c2ccccn2)cc1)C(=O)Nc1ccccn1. The average molecular weight is 434 g/mol. The minimum atomic E-state index is -0.985. The van der Waals surface area contributed by atoms with E-state index in [1.807, 2.05) is 54.4 Å². The van der Waals surface area contributed by atoms with Crippen molar-refractivity contribution in [2.24, 2.45) is 5.92 Å². The maximum absolute atomic E-state index is 12.6. The van der Waals surface area contributed by atoms with E-state index >= 15 is 0 Å². The summed E-state index contributed by atoms with van der Waals surface area (Å²) in [5.41, 5.74) is 0.814. The second-order valence-corrected chi connectivity index (χ2v) is 7.09. The fraction of sp³-hybridized carbons (Fsp3) is 0.250. The number of benzene rings is 1. The molecule has 0 radical (unpaired) electrons. The minimum Gasteiger partial charge on any atom is -0.492 e. The highest BCUT2D eigenvalue weighted by Gasteiger charge is 2.28. The molecule has 0 aliphatic carbocycles. The Labute approximate surface area is 187 Å². The van der Waals surface area contributed by atoms with Gasteiger partial charge in [-0.05, 0) is 48.4 Å². The van der Waals surface area contributed by atoms with Gasteiger partial charge in [0.1, 0.15) is 29.9 Å². The number of nitrogens with zero attached hydrogens (tertiary/aromatic N) is 3. The Morgan fingerprint density at radius 3 is 2.34 bits per heavy atom. The number of rotatable bonds is 10. The number of anilines is 2. The van der Waals surface area contributed by atoms with E-state index in [4.69, 9.17) is 9.47 Å². The summed E-state index contributed by atoms with van der Waals surface area (Å²) in [4.78, 5) is 35.2. The molecule has 0 saturated heterocycles. The van der Waals surface area contributed by atoms with Gasteiger partial charge in [0, 0.05) is 19.4 Å². The molecule has 2 aromatic heterocycles. The maximum atomic E-state index is 12.6.